The van der Waals surface area contributed by atoms with Crippen molar-refractivity contribution in [3.05, 3.63) is 0 Å². The van der Waals surface area contributed by atoms with Crippen molar-refractivity contribution >= 4 is 6.09 Å². The van der Waals surface area contributed by atoms with Crippen molar-refractivity contribution in [3.63, 3.8) is 0 Å². The van der Waals surface area contributed by atoms with Gasteiger partial charge in [-0.05, 0) is 12.8 Å². The summed E-state index contributed by atoms with van der Waals surface area (Å²) in [5, 5.41) is 3.42. The van der Waals surface area contributed by atoms with E-state index in [4.69, 9.17) is 4.74 Å². The van der Waals surface area contributed by atoms with Crippen molar-refractivity contribution in [2.45, 2.75) is 45.6 Å². The fraction of sp³-hybridized carbons (Fsp3) is 0.917. The van der Waals surface area contributed by atoms with Crippen LogP contribution >= 0.6 is 0 Å². The minimum atomic E-state index is -0.143. The van der Waals surface area contributed by atoms with Crippen molar-refractivity contribution in [1.29, 1.82) is 0 Å². The second kappa shape index (κ2) is 7.49. The fourth-order valence-electron chi connectivity index (χ4n) is 1.93. The largest absolute Gasteiger partial charge is 0.449 e. The van der Waals surface area contributed by atoms with Crippen molar-refractivity contribution in [2.24, 2.45) is 0 Å². The highest BCUT2D eigenvalue weighted by Gasteiger charge is 2.23. The van der Waals surface area contributed by atoms with Gasteiger partial charge in [-0.25, -0.2) is 4.79 Å². The van der Waals surface area contributed by atoms with E-state index in [1.165, 1.54) is 0 Å². The van der Waals surface area contributed by atoms with E-state index in [2.05, 4.69) is 19.2 Å². The topological polar surface area (TPSA) is 41.6 Å². The number of unbranched alkanes of at least 4 members (excludes halogenated alkanes) is 1. The van der Waals surface area contributed by atoms with Crippen LogP contribution in [0.5, 0.6) is 0 Å². The van der Waals surface area contributed by atoms with E-state index in [0.29, 0.717) is 12.6 Å². The van der Waals surface area contributed by atoms with Crippen molar-refractivity contribution in [2.75, 3.05) is 26.2 Å². The van der Waals surface area contributed by atoms with Gasteiger partial charge in [-0.2, -0.15) is 0 Å². The molecule has 1 rings (SSSR count). The molecule has 1 unspecified atom stereocenters. The summed E-state index contributed by atoms with van der Waals surface area (Å²) in [6.07, 6.45) is 4.15. The number of ether oxygens (including phenoxy) is 1. The predicted octanol–water partition coefficient (Wildman–Crippen LogP) is 2.00. The maximum Gasteiger partial charge on any atom is 0.409 e. The molecule has 1 fully saturated rings. The molecule has 1 saturated heterocycles. The Labute approximate surface area is 98.3 Å². The molecule has 94 valence electrons. The lowest BCUT2D eigenvalue weighted by atomic mass is 10.1. The molecule has 1 atom stereocenters. The minimum Gasteiger partial charge on any atom is -0.449 e. The first-order valence-electron chi connectivity index (χ1n) is 6.43. The normalized spacial score (nSPS) is 20.9. The highest BCUT2D eigenvalue weighted by atomic mass is 16.6. The zero-order valence-electron chi connectivity index (χ0n) is 10.5. The lowest BCUT2D eigenvalue weighted by molar-refractivity contribution is 0.0886. The lowest BCUT2D eigenvalue weighted by Gasteiger charge is -2.32. The average Bonchev–Trinajstić information content (AvgIpc) is 2.30. The number of carbonyl (C=O) groups is 1. The summed E-state index contributed by atoms with van der Waals surface area (Å²) in [7, 11) is 0. The molecule has 4 nitrogen and oxygen atoms in total. The molecule has 1 amide bonds. The number of nitrogens with one attached hydrogen (secondary N) is 1. The Hall–Kier alpha value is -0.770. The van der Waals surface area contributed by atoms with Gasteiger partial charge in [-0.15, -0.1) is 0 Å². The Morgan fingerprint density at radius 3 is 2.94 bits per heavy atom. The van der Waals surface area contributed by atoms with Crippen molar-refractivity contribution in [1.82, 2.24) is 10.2 Å². The summed E-state index contributed by atoms with van der Waals surface area (Å²) in [6.45, 7) is 7.26. The van der Waals surface area contributed by atoms with E-state index in [1.807, 2.05) is 4.90 Å². The molecule has 1 aliphatic heterocycles. The molecule has 0 aliphatic carbocycles. The minimum absolute atomic E-state index is 0.143. The van der Waals surface area contributed by atoms with Crippen LogP contribution in [0.1, 0.15) is 39.5 Å². The molecule has 0 radical (unpaired) electrons. The Morgan fingerprint density at radius 1 is 1.44 bits per heavy atom. The van der Waals surface area contributed by atoms with Gasteiger partial charge in [0.1, 0.15) is 0 Å². The van der Waals surface area contributed by atoms with Crippen LogP contribution in [0.2, 0.25) is 0 Å². The van der Waals surface area contributed by atoms with E-state index < -0.39 is 0 Å². The molecule has 0 aromatic rings. The van der Waals surface area contributed by atoms with Gasteiger partial charge in [-0.3, -0.25) is 0 Å². The lowest BCUT2D eigenvalue weighted by Crippen LogP contribution is -2.52. The molecule has 16 heavy (non-hydrogen) atoms. The quantitative estimate of drug-likeness (QED) is 0.732. The van der Waals surface area contributed by atoms with E-state index in [-0.39, 0.29) is 6.09 Å². The monoisotopic (exact) mass is 228 g/mol. The zero-order valence-corrected chi connectivity index (χ0v) is 10.5. The molecule has 1 heterocycles. The molecule has 0 aromatic heterocycles. The summed E-state index contributed by atoms with van der Waals surface area (Å²) in [5.41, 5.74) is 0. The smallest absolute Gasteiger partial charge is 0.409 e. The number of hydrogen-bond acceptors (Lipinski definition) is 3. The number of nitrogens with zero attached hydrogens (tertiary/aromatic N) is 1. The Balaban J connectivity index is 2.26. The average molecular weight is 228 g/mol. The first-order chi connectivity index (χ1) is 7.77. The SMILES string of the molecule is CCCCOC(=O)N1CCNC(CCC)C1. The first-order valence-corrected chi connectivity index (χ1v) is 6.43. The molecule has 1 aliphatic rings. The molecule has 0 aromatic carbocycles. The highest BCUT2D eigenvalue weighted by Crippen LogP contribution is 2.06. The van der Waals surface area contributed by atoms with Crippen LogP contribution in [0.15, 0.2) is 0 Å². The third-order valence-corrected chi connectivity index (χ3v) is 2.87. The van der Waals surface area contributed by atoms with Gasteiger partial charge >= 0.3 is 6.09 Å². The van der Waals surface area contributed by atoms with Crippen LogP contribution in [0.4, 0.5) is 4.79 Å². The summed E-state index contributed by atoms with van der Waals surface area (Å²) < 4.78 is 5.21. The van der Waals surface area contributed by atoms with Crippen LogP contribution in [0, 0.1) is 0 Å². The molecular formula is C12H24N2O2. The standard InChI is InChI=1S/C12H24N2O2/c1-3-5-9-16-12(15)14-8-7-13-11(10-14)6-4-2/h11,13H,3-10H2,1-2H3. The molecule has 1 N–H and O–H groups in total. The van der Waals surface area contributed by atoms with Gasteiger partial charge in [0.2, 0.25) is 0 Å². The number of carbonyl (C=O) groups excluding carboxylic acids is 1. The summed E-state index contributed by atoms with van der Waals surface area (Å²) in [5.74, 6) is 0. The van der Waals surface area contributed by atoms with Crippen LogP contribution in [0.25, 0.3) is 0 Å². The molecule has 0 saturated carbocycles. The van der Waals surface area contributed by atoms with E-state index in [1.54, 1.807) is 0 Å². The molecule has 0 bridgehead atoms. The Morgan fingerprint density at radius 2 is 2.25 bits per heavy atom. The van der Waals surface area contributed by atoms with Gasteiger partial charge in [0.25, 0.3) is 0 Å². The fourth-order valence-corrected chi connectivity index (χ4v) is 1.93. The van der Waals surface area contributed by atoms with Gasteiger partial charge in [0, 0.05) is 25.7 Å². The van der Waals surface area contributed by atoms with Crippen LogP contribution in [-0.2, 0) is 4.74 Å². The van der Waals surface area contributed by atoms with Crippen LogP contribution in [0.3, 0.4) is 0 Å². The van der Waals surface area contributed by atoms with Crippen molar-refractivity contribution < 1.29 is 9.53 Å². The van der Waals surface area contributed by atoms with Crippen LogP contribution in [-0.4, -0.2) is 43.3 Å². The number of rotatable bonds is 5. The molecule has 0 spiro atoms. The number of piperazine rings is 1. The number of hydrogen-bond donors (Lipinski definition) is 1. The summed E-state index contributed by atoms with van der Waals surface area (Å²) in [6, 6.07) is 0.442. The maximum atomic E-state index is 11.7. The van der Waals surface area contributed by atoms with Crippen molar-refractivity contribution in [3.8, 4) is 0 Å². The third-order valence-electron chi connectivity index (χ3n) is 2.87. The maximum absolute atomic E-state index is 11.7. The summed E-state index contributed by atoms with van der Waals surface area (Å²) >= 11 is 0. The van der Waals surface area contributed by atoms with E-state index in [9.17, 15) is 4.79 Å². The first kappa shape index (κ1) is 13.3. The Kier molecular flexibility index (Phi) is 6.23. The van der Waals surface area contributed by atoms with Gasteiger partial charge in [-0.1, -0.05) is 26.7 Å². The zero-order chi connectivity index (χ0) is 11.8. The molecule has 4 heteroatoms. The third kappa shape index (κ3) is 4.39. The second-order valence-corrected chi connectivity index (χ2v) is 4.35. The van der Waals surface area contributed by atoms with Crippen LogP contribution < -0.4 is 5.32 Å². The highest BCUT2D eigenvalue weighted by molar-refractivity contribution is 5.67. The molecular weight excluding hydrogens is 204 g/mol. The van der Waals surface area contributed by atoms with Gasteiger partial charge in [0.15, 0.2) is 0 Å². The van der Waals surface area contributed by atoms with E-state index >= 15 is 0 Å². The number of amides is 1. The predicted molar refractivity (Wildman–Crippen MR) is 64.5 cm³/mol. The van der Waals surface area contributed by atoms with Gasteiger partial charge in [0.05, 0.1) is 6.61 Å². The van der Waals surface area contributed by atoms with Gasteiger partial charge < -0.3 is 15.0 Å². The van der Waals surface area contributed by atoms with E-state index in [0.717, 1.165) is 45.3 Å². The Bertz CT molecular complexity index is 207. The second-order valence-electron chi connectivity index (χ2n) is 4.35. The summed E-state index contributed by atoms with van der Waals surface area (Å²) in [4.78, 5) is 13.5.